The van der Waals surface area contributed by atoms with Gasteiger partial charge >= 0.3 is 5.97 Å². The fourth-order valence-corrected chi connectivity index (χ4v) is 3.32. The average molecular weight is 217 g/mol. The van der Waals surface area contributed by atoms with E-state index in [0.29, 0.717) is 5.25 Å². The Morgan fingerprint density at radius 2 is 2.29 bits per heavy atom. The zero-order valence-electron chi connectivity index (χ0n) is 9.08. The molecule has 3 nitrogen and oxygen atoms in total. The molecule has 4 heteroatoms. The quantitative estimate of drug-likeness (QED) is 0.726. The minimum atomic E-state index is -0.511. The molecule has 0 radical (unpaired) electrons. The van der Waals surface area contributed by atoms with Gasteiger partial charge in [0.1, 0.15) is 6.04 Å². The molecule has 0 aromatic heterocycles. The van der Waals surface area contributed by atoms with Crippen LogP contribution < -0.4 is 5.73 Å². The molecule has 82 valence electrons. The molecule has 2 atom stereocenters. The summed E-state index contributed by atoms with van der Waals surface area (Å²) >= 11 is 1.92. The predicted octanol–water partition coefficient (Wildman–Crippen LogP) is 1.41. The van der Waals surface area contributed by atoms with Crippen molar-refractivity contribution >= 4 is 17.7 Å². The van der Waals surface area contributed by atoms with Gasteiger partial charge in [-0.25, -0.2) is 0 Å². The van der Waals surface area contributed by atoms with Crippen LogP contribution in [-0.2, 0) is 9.53 Å². The van der Waals surface area contributed by atoms with E-state index in [4.69, 9.17) is 5.73 Å². The van der Waals surface area contributed by atoms with E-state index >= 15 is 0 Å². The summed E-state index contributed by atoms with van der Waals surface area (Å²) in [4.78, 5) is 11.4. The largest absolute Gasteiger partial charge is 0.468 e. The lowest BCUT2D eigenvalue weighted by Gasteiger charge is -2.34. The molecule has 0 amide bonds. The monoisotopic (exact) mass is 217 g/mol. The second-order valence-corrected chi connectivity index (χ2v) is 5.63. The van der Waals surface area contributed by atoms with E-state index in [0.717, 1.165) is 6.42 Å². The Balaban J connectivity index is 2.66. The van der Waals surface area contributed by atoms with Crippen molar-refractivity contribution < 1.29 is 9.53 Å². The van der Waals surface area contributed by atoms with Gasteiger partial charge in [0.25, 0.3) is 0 Å². The number of hydrogen-bond acceptors (Lipinski definition) is 4. The maximum absolute atomic E-state index is 11.4. The summed E-state index contributed by atoms with van der Waals surface area (Å²) in [5.41, 5.74) is 5.73. The SMILES string of the molecule is COC(=O)C(N)C(C)(C)C1CCCS1. The first-order valence-electron chi connectivity index (χ1n) is 4.95. The van der Waals surface area contributed by atoms with E-state index in [2.05, 4.69) is 18.6 Å². The highest BCUT2D eigenvalue weighted by Crippen LogP contribution is 2.41. The third-order valence-electron chi connectivity index (χ3n) is 3.02. The molecule has 0 saturated carbocycles. The van der Waals surface area contributed by atoms with Crippen LogP contribution >= 0.6 is 11.8 Å². The number of carbonyl (C=O) groups is 1. The van der Waals surface area contributed by atoms with Crippen LogP contribution in [0.5, 0.6) is 0 Å². The van der Waals surface area contributed by atoms with Crippen molar-refractivity contribution in [2.24, 2.45) is 11.1 Å². The van der Waals surface area contributed by atoms with Gasteiger partial charge in [-0.3, -0.25) is 4.79 Å². The van der Waals surface area contributed by atoms with Gasteiger partial charge in [0, 0.05) is 10.7 Å². The smallest absolute Gasteiger partial charge is 0.323 e. The van der Waals surface area contributed by atoms with E-state index in [1.807, 2.05) is 11.8 Å². The summed E-state index contributed by atoms with van der Waals surface area (Å²) in [5.74, 6) is 0.879. The lowest BCUT2D eigenvalue weighted by Crippen LogP contribution is -2.49. The summed E-state index contributed by atoms with van der Waals surface area (Å²) in [5, 5.41) is 0.483. The maximum Gasteiger partial charge on any atom is 0.323 e. The fourth-order valence-electron chi connectivity index (χ4n) is 1.80. The minimum Gasteiger partial charge on any atom is -0.468 e. The topological polar surface area (TPSA) is 52.3 Å². The number of carbonyl (C=O) groups excluding carboxylic acids is 1. The number of nitrogens with two attached hydrogens (primary N) is 1. The van der Waals surface area contributed by atoms with Gasteiger partial charge in [0.15, 0.2) is 0 Å². The molecule has 0 aromatic carbocycles. The van der Waals surface area contributed by atoms with Crippen LogP contribution in [0.4, 0.5) is 0 Å². The molecule has 1 saturated heterocycles. The summed E-state index contributed by atoms with van der Waals surface area (Å²) in [6, 6.07) is -0.511. The van der Waals surface area contributed by atoms with Crippen LogP contribution in [0.2, 0.25) is 0 Å². The molecule has 14 heavy (non-hydrogen) atoms. The molecule has 1 aliphatic heterocycles. The van der Waals surface area contributed by atoms with Gasteiger partial charge in [-0.2, -0.15) is 11.8 Å². The van der Waals surface area contributed by atoms with Crippen molar-refractivity contribution in [3.05, 3.63) is 0 Å². The first-order valence-corrected chi connectivity index (χ1v) is 6.00. The van der Waals surface area contributed by atoms with Crippen molar-refractivity contribution in [2.75, 3.05) is 12.9 Å². The fraction of sp³-hybridized carbons (Fsp3) is 0.900. The zero-order chi connectivity index (χ0) is 10.8. The van der Waals surface area contributed by atoms with Gasteiger partial charge in [-0.15, -0.1) is 0 Å². The zero-order valence-corrected chi connectivity index (χ0v) is 9.89. The maximum atomic E-state index is 11.4. The van der Waals surface area contributed by atoms with E-state index in [9.17, 15) is 4.79 Å². The highest BCUT2D eigenvalue weighted by Gasteiger charge is 2.41. The minimum absolute atomic E-state index is 0.172. The van der Waals surface area contributed by atoms with Crippen molar-refractivity contribution in [3.63, 3.8) is 0 Å². The summed E-state index contributed by atoms with van der Waals surface area (Å²) in [6.45, 7) is 4.11. The second-order valence-electron chi connectivity index (χ2n) is 4.32. The van der Waals surface area contributed by atoms with Gasteiger partial charge in [-0.05, 0) is 18.6 Å². The molecule has 2 N–H and O–H groups in total. The van der Waals surface area contributed by atoms with Crippen LogP contribution in [-0.4, -0.2) is 30.1 Å². The Hall–Kier alpha value is -0.220. The summed E-state index contributed by atoms with van der Waals surface area (Å²) in [7, 11) is 1.39. The first-order chi connectivity index (χ1) is 6.50. The predicted molar refractivity (Wildman–Crippen MR) is 59.3 cm³/mol. The molecule has 1 aliphatic rings. The molecule has 1 rings (SSSR count). The number of ether oxygens (including phenoxy) is 1. The Kier molecular flexibility index (Phi) is 3.84. The third kappa shape index (κ3) is 2.23. The number of methoxy groups -OCH3 is 1. The van der Waals surface area contributed by atoms with E-state index < -0.39 is 6.04 Å². The van der Waals surface area contributed by atoms with E-state index in [-0.39, 0.29) is 11.4 Å². The van der Waals surface area contributed by atoms with E-state index in [1.165, 1.54) is 19.3 Å². The number of rotatable bonds is 3. The molecule has 1 heterocycles. The van der Waals surface area contributed by atoms with Crippen LogP contribution in [0.1, 0.15) is 26.7 Å². The van der Waals surface area contributed by atoms with Gasteiger partial charge < -0.3 is 10.5 Å². The van der Waals surface area contributed by atoms with Crippen molar-refractivity contribution in [1.82, 2.24) is 0 Å². The number of hydrogen-bond donors (Lipinski definition) is 1. The van der Waals surface area contributed by atoms with Crippen LogP contribution in [0.25, 0.3) is 0 Å². The second kappa shape index (κ2) is 4.53. The molecule has 1 fully saturated rings. The first kappa shape index (κ1) is 11.9. The summed E-state index contributed by atoms with van der Waals surface area (Å²) in [6.07, 6.45) is 2.38. The van der Waals surface area contributed by atoms with Crippen LogP contribution in [0.3, 0.4) is 0 Å². The highest BCUT2D eigenvalue weighted by atomic mass is 32.2. The third-order valence-corrected chi connectivity index (χ3v) is 4.79. The van der Waals surface area contributed by atoms with Crippen molar-refractivity contribution in [3.8, 4) is 0 Å². The highest BCUT2D eigenvalue weighted by molar-refractivity contribution is 8.00. The van der Waals surface area contributed by atoms with E-state index in [1.54, 1.807) is 0 Å². The molecular formula is C10H19NO2S. The molecule has 2 unspecified atom stereocenters. The molecule has 0 bridgehead atoms. The number of esters is 1. The van der Waals surface area contributed by atoms with Crippen molar-refractivity contribution in [2.45, 2.75) is 38.0 Å². The van der Waals surface area contributed by atoms with Gasteiger partial charge in [0.05, 0.1) is 7.11 Å². The van der Waals surface area contributed by atoms with Crippen molar-refractivity contribution in [1.29, 1.82) is 0 Å². The normalized spacial score (nSPS) is 24.7. The standard InChI is InChI=1S/C10H19NO2S/c1-10(2,7-5-4-6-14-7)8(11)9(12)13-3/h7-8H,4-6,11H2,1-3H3. The van der Waals surface area contributed by atoms with Gasteiger partial charge in [-0.1, -0.05) is 13.8 Å². The lowest BCUT2D eigenvalue weighted by molar-refractivity contribution is -0.145. The average Bonchev–Trinajstić information content (AvgIpc) is 2.68. The Labute approximate surface area is 89.8 Å². The molecule has 0 spiro atoms. The Bertz CT molecular complexity index is 212. The molecule has 0 aromatic rings. The lowest BCUT2D eigenvalue weighted by atomic mass is 9.80. The van der Waals surface area contributed by atoms with Gasteiger partial charge in [0.2, 0.25) is 0 Å². The number of thioether (sulfide) groups is 1. The molecule has 0 aliphatic carbocycles. The van der Waals surface area contributed by atoms with Crippen LogP contribution in [0, 0.1) is 5.41 Å². The Morgan fingerprint density at radius 1 is 1.64 bits per heavy atom. The van der Waals surface area contributed by atoms with Crippen LogP contribution in [0.15, 0.2) is 0 Å². The Morgan fingerprint density at radius 3 is 2.71 bits per heavy atom. The summed E-state index contributed by atoms with van der Waals surface area (Å²) < 4.78 is 4.68. The molecular weight excluding hydrogens is 198 g/mol.